The predicted molar refractivity (Wildman–Crippen MR) is 91.8 cm³/mol. The minimum absolute atomic E-state index is 0.222. The number of aryl methyl sites for hydroxylation is 1. The van der Waals surface area contributed by atoms with Gasteiger partial charge in [-0.15, -0.1) is 0 Å². The highest BCUT2D eigenvalue weighted by Crippen LogP contribution is 2.23. The van der Waals surface area contributed by atoms with E-state index in [1.54, 1.807) is 6.92 Å². The van der Waals surface area contributed by atoms with E-state index >= 15 is 0 Å². The summed E-state index contributed by atoms with van der Waals surface area (Å²) in [5, 5.41) is 0.222. The van der Waals surface area contributed by atoms with E-state index in [2.05, 4.69) is 39.2 Å². The summed E-state index contributed by atoms with van der Waals surface area (Å²) in [6, 6.07) is 18.3. The summed E-state index contributed by atoms with van der Waals surface area (Å²) < 4.78 is 0. The molecule has 0 atom stereocenters. The van der Waals surface area contributed by atoms with Crippen LogP contribution in [0.15, 0.2) is 54.6 Å². The van der Waals surface area contributed by atoms with Crippen LogP contribution in [-0.2, 0) is 0 Å². The monoisotopic (exact) mass is 311 g/mol. The van der Waals surface area contributed by atoms with Crippen LogP contribution in [0.2, 0.25) is 5.28 Å². The van der Waals surface area contributed by atoms with Crippen LogP contribution in [0.1, 0.15) is 19.7 Å². The van der Waals surface area contributed by atoms with E-state index in [9.17, 15) is 0 Å². The smallest absolute Gasteiger partial charge is 0.213 e. The fraction of sp³-hybridized carbons (Fsp3) is 0.167. The quantitative estimate of drug-likeness (QED) is 0.653. The summed E-state index contributed by atoms with van der Waals surface area (Å²) in [7, 11) is 0. The molecule has 0 spiro atoms. The number of hydrogen-bond acceptors (Lipinski definition) is 3. The Morgan fingerprint density at radius 3 is 1.82 bits per heavy atom. The first-order valence-electron chi connectivity index (χ1n) is 7.26. The van der Waals surface area contributed by atoms with Gasteiger partial charge in [-0.3, -0.25) is 0 Å². The van der Waals surface area contributed by atoms with Crippen LogP contribution >= 0.6 is 11.6 Å². The molecule has 112 valence electrons. The van der Waals surface area contributed by atoms with E-state index < -0.39 is 0 Å². The van der Waals surface area contributed by atoms with Gasteiger partial charge in [0, 0.05) is 5.56 Å². The van der Waals surface area contributed by atoms with Crippen molar-refractivity contribution in [2.75, 3.05) is 0 Å². The molecule has 0 bridgehead atoms. The maximum absolute atomic E-state index is 5.86. The van der Waals surface area contributed by atoms with Crippen LogP contribution in [-0.4, -0.2) is 15.0 Å². The molecular formula is C18H18ClN3. The maximum atomic E-state index is 5.86. The van der Waals surface area contributed by atoms with Crippen LogP contribution in [0.4, 0.5) is 0 Å². The Labute approximate surface area is 136 Å². The molecular weight excluding hydrogens is 294 g/mol. The summed E-state index contributed by atoms with van der Waals surface area (Å²) in [5.41, 5.74) is 3.27. The lowest BCUT2D eigenvalue weighted by molar-refractivity contribution is 0.984. The first-order chi connectivity index (χ1) is 10.7. The van der Waals surface area contributed by atoms with Gasteiger partial charge >= 0.3 is 0 Å². The van der Waals surface area contributed by atoms with Gasteiger partial charge in [0.2, 0.25) is 5.28 Å². The molecule has 0 saturated heterocycles. The van der Waals surface area contributed by atoms with Crippen molar-refractivity contribution in [1.29, 1.82) is 0 Å². The predicted octanol–water partition coefficient (Wildman–Crippen LogP) is 5.19. The molecule has 0 fully saturated rings. The second kappa shape index (κ2) is 7.66. The first kappa shape index (κ1) is 16.1. The van der Waals surface area contributed by atoms with Crippen LogP contribution in [0.5, 0.6) is 0 Å². The zero-order valence-electron chi connectivity index (χ0n) is 12.9. The fourth-order valence-corrected chi connectivity index (χ4v) is 2.22. The van der Waals surface area contributed by atoms with Gasteiger partial charge in [-0.25, -0.2) is 9.97 Å². The molecule has 1 heterocycles. The summed E-state index contributed by atoms with van der Waals surface area (Å²) in [4.78, 5) is 12.4. The van der Waals surface area contributed by atoms with Crippen LogP contribution in [0.25, 0.3) is 22.5 Å². The van der Waals surface area contributed by atoms with E-state index in [1.165, 1.54) is 5.56 Å². The molecule has 0 amide bonds. The standard InChI is InChI=1S/C16H12ClN3.C2H6/c1-11-18-15(20-16(17)19-11)14-9-7-13(8-10-14)12-5-3-2-4-6-12;1-2/h2-10H,1H3;1-2H3. The molecule has 0 radical (unpaired) electrons. The highest BCUT2D eigenvalue weighted by atomic mass is 35.5. The number of hydrogen-bond donors (Lipinski definition) is 0. The van der Waals surface area contributed by atoms with E-state index in [0.717, 1.165) is 11.1 Å². The lowest BCUT2D eigenvalue weighted by Crippen LogP contribution is -1.96. The van der Waals surface area contributed by atoms with Gasteiger partial charge in [0.15, 0.2) is 5.82 Å². The van der Waals surface area contributed by atoms with Crippen LogP contribution in [0, 0.1) is 6.92 Å². The Hall–Kier alpha value is -2.26. The average Bonchev–Trinajstić information content (AvgIpc) is 2.57. The molecule has 2 aromatic carbocycles. The second-order valence-electron chi connectivity index (χ2n) is 4.42. The summed E-state index contributed by atoms with van der Waals surface area (Å²) in [6.45, 7) is 5.80. The number of nitrogens with zero attached hydrogens (tertiary/aromatic N) is 3. The van der Waals surface area contributed by atoms with E-state index in [-0.39, 0.29) is 5.28 Å². The van der Waals surface area contributed by atoms with Crippen molar-refractivity contribution in [3.05, 3.63) is 65.7 Å². The third-order valence-corrected chi connectivity index (χ3v) is 3.14. The normalized spacial score (nSPS) is 9.82. The SMILES string of the molecule is CC.Cc1nc(Cl)nc(-c2ccc(-c3ccccc3)cc2)n1. The Bertz CT molecular complexity index is 705. The van der Waals surface area contributed by atoms with Crippen molar-refractivity contribution in [3.63, 3.8) is 0 Å². The van der Waals surface area contributed by atoms with Crippen molar-refractivity contribution in [2.45, 2.75) is 20.8 Å². The van der Waals surface area contributed by atoms with Gasteiger partial charge in [0.05, 0.1) is 0 Å². The lowest BCUT2D eigenvalue weighted by Gasteiger charge is -2.04. The molecule has 1 aromatic heterocycles. The topological polar surface area (TPSA) is 38.7 Å². The number of benzene rings is 2. The van der Waals surface area contributed by atoms with E-state index in [1.807, 2.05) is 44.2 Å². The van der Waals surface area contributed by atoms with Gasteiger partial charge in [0.25, 0.3) is 0 Å². The third-order valence-electron chi connectivity index (χ3n) is 2.97. The molecule has 0 saturated carbocycles. The molecule has 4 heteroatoms. The number of rotatable bonds is 2. The van der Waals surface area contributed by atoms with Gasteiger partial charge in [-0.1, -0.05) is 68.4 Å². The van der Waals surface area contributed by atoms with Crippen molar-refractivity contribution in [3.8, 4) is 22.5 Å². The van der Waals surface area contributed by atoms with Gasteiger partial charge < -0.3 is 0 Å². The third kappa shape index (κ3) is 3.89. The van der Waals surface area contributed by atoms with Crippen molar-refractivity contribution in [2.24, 2.45) is 0 Å². The maximum Gasteiger partial charge on any atom is 0.226 e. The Kier molecular flexibility index (Phi) is 5.61. The van der Waals surface area contributed by atoms with E-state index in [4.69, 9.17) is 11.6 Å². The van der Waals surface area contributed by atoms with Crippen LogP contribution < -0.4 is 0 Å². The zero-order chi connectivity index (χ0) is 15.9. The van der Waals surface area contributed by atoms with E-state index in [0.29, 0.717) is 11.6 Å². The molecule has 3 aromatic rings. The van der Waals surface area contributed by atoms with Crippen LogP contribution in [0.3, 0.4) is 0 Å². The molecule has 3 rings (SSSR count). The molecule has 3 nitrogen and oxygen atoms in total. The lowest BCUT2D eigenvalue weighted by atomic mass is 10.0. The highest BCUT2D eigenvalue weighted by molar-refractivity contribution is 6.28. The Morgan fingerprint density at radius 2 is 1.23 bits per heavy atom. The average molecular weight is 312 g/mol. The molecule has 22 heavy (non-hydrogen) atoms. The second-order valence-corrected chi connectivity index (χ2v) is 4.76. The fourth-order valence-electron chi connectivity index (χ4n) is 2.02. The first-order valence-corrected chi connectivity index (χ1v) is 7.64. The number of halogens is 1. The van der Waals surface area contributed by atoms with Gasteiger partial charge in [-0.2, -0.15) is 4.98 Å². The Morgan fingerprint density at radius 1 is 0.682 bits per heavy atom. The van der Waals surface area contributed by atoms with Gasteiger partial charge in [-0.05, 0) is 29.7 Å². The molecule has 0 aliphatic heterocycles. The summed E-state index contributed by atoms with van der Waals surface area (Å²) in [6.07, 6.45) is 0. The Balaban J connectivity index is 0.000000847. The largest absolute Gasteiger partial charge is 0.226 e. The van der Waals surface area contributed by atoms with Gasteiger partial charge in [0.1, 0.15) is 5.82 Å². The summed E-state index contributed by atoms with van der Waals surface area (Å²) in [5.74, 6) is 1.22. The van der Waals surface area contributed by atoms with Crippen molar-refractivity contribution in [1.82, 2.24) is 15.0 Å². The van der Waals surface area contributed by atoms with Crippen molar-refractivity contribution >= 4 is 11.6 Å². The zero-order valence-corrected chi connectivity index (χ0v) is 13.7. The minimum Gasteiger partial charge on any atom is -0.213 e. The summed E-state index contributed by atoms with van der Waals surface area (Å²) >= 11 is 5.86. The van der Waals surface area contributed by atoms with Crippen molar-refractivity contribution < 1.29 is 0 Å². The molecule has 0 N–H and O–H groups in total. The number of aromatic nitrogens is 3. The molecule has 0 unspecified atom stereocenters. The molecule has 0 aliphatic rings. The molecule has 0 aliphatic carbocycles. The highest BCUT2D eigenvalue weighted by Gasteiger charge is 2.05. The minimum atomic E-state index is 0.222.